The highest BCUT2D eigenvalue weighted by Gasteiger charge is 2.10. The number of nitrogens with one attached hydrogen (secondary N) is 1. The number of hydrogen-bond donors (Lipinski definition) is 1. The number of benzene rings is 3. The Balaban J connectivity index is 1.80. The largest absolute Gasteiger partial charge is 0.497 e. The van der Waals surface area contributed by atoms with Crippen LogP contribution in [0.4, 0.5) is 0 Å². The molecule has 3 rings (SSSR count). The molecule has 0 saturated carbocycles. The Kier molecular flexibility index (Phi) is 7.45. The van der Waals surface area contributed by atoms with Crippen LogP contribution in [0.15, 0.2) is 91.1 Å². The number of ketones is 1. The molecule has 0 aliphatic rings. The minimum atomic E-state index is -0.0865. The van der Waals surface area contributed by atoms with E-state index in [1.165, 1.54) is 0 Å². The summed E-state index contributed by atoms with van der Waals surface area (Å²) in [6, 6.07) is 25.1. The average molecular weight is 399 g/mol. The number of rotatable bonds is 9. The van der Waals surface area contributed by atoms with Crippen molar-refractivity contribution in [3.8, 4) is 11.5 Å². The molecule has 0 spiro atoms. The van der Waals surface area contributed by atoms with Crippen LogP contribution in [0.1, 0.15) is 16.7 Å². The van der Waals surface area contributed by atoms with Crippen molar-refractivity contribution in [2.45, 2.75) is 6.54 Å². The molecule has 0 aliphatic carbocycles. The Morgan fingerprint density at radius 3 is 2.03 bits per heavy atom. The van der Waals surface area contributed by atoms with Crippen molar-refractivity contribution in [2.75, 3.05) is 14.2 Å². The van der Waals surface area contributed by atoms with Crippen molar-refractivity contribution in [3.63, 3.8) is 0 Å². The zero-order chi connectivity index (χ0) is 21.2. The second kappa shape index (κ2) is 10.7. The molecule has 152 valence electrons. The van der Waals surface area contributed by atoms with Crippen LogP contribution in [0.2, 0.25) is 0 Å². The van der Waals surface area contributed by atoms with Gasteiger partial charge in [-0.2, -0.15) is 0 Å². The van der Waals surface area contributed by atoms with E-state index >= 15 is 0 Å². The number of carbonyl (C=O) groups is 1. The summed E-state index contributed by atoms with van der Waals surface area (Å²) in [5.74, 6) is 1.44. The standard InChI is InChI=1S/C26H25NO3/c1-29-23-13-8-20(9-14-23)10-17-26(28)25(22-11-15-24(30-2)16-12-22)19-27-18-21-6-4-3-5-7-21/h3-17,19,27H,18H2,1-2H3/b17-10+,25-19+. The summed E-state index contributed by atoms with van der Waals surface area (Å²) in [7, 11) is 3.25. The monoisotopic (exact) mass is 399 g/mol. The number of ether oxygens (including phenoxy) is 2. The number of allylic oxidation sites excluding steroid dienone is 2. The summed E-state index contributed by atoms with van der Waals surface area (Å²) in [6.07, 6.45) is 5.16. The zero-order valence-corrected chi connectivity index (χ0v) is 17.2. The van der Waals surface area contributed by atoms with Crippen LogP contribution in [0, 0.1) is 0 Å². The van der Waals surface area contributed by atoms with E-state index in [9.17, 15) is 4.79 Å². The van der Waals surface area contributed by atoms with Gasteiger partial charge >= 0.3 is 0 Å². The van der Waals surface area contributed by atoms with E-state index in [1.807, 2.05) is 78.9 Å². The van der Waals surface area contributed by atoms with Gasteiger partial charge in [-0.3, -0.25) is 4.79 Å². The SMILES string of the molecule is COc1ccc(/C=C/C(=O)/C(=C/NCc2ccccc2)c2ccc(OC)cc2)cc1. The van der Waals surface area contributed by atoms with Gasteiger partial charge in [0.1, 0.15) is 11.5 Å². The van der Waals surface area contributed by atoms with E-state index in [0.29, 0.717) is 12.1 Å². The van der Waals surface area contributed by atoms with Gasteiger partial charge in [-0.1, -0.05) is 60.7 Å². The van der Waals surface area contributed by atoms with E-state index in [-0.39, 0.29) is 5.78 Å². The molecule has 0 unspecified atom stereocenters. The molecule has 0 bridgehead atoms. The summed E-state index contributed by atoms with van der Waals surface area (Å²) in [6.45, 7) is 0.635. The molecule has 30 heavy (non-hydrogen) atoms. The summed E-state index contributed by atoms with van der Waals surface area (Å²) >= 11 is 0. The van der Waals surface area contributed by atoms with E-state index in [0.717, 1.165) is 28.2 Å². The second-order valence-corrected chi connectivity index (χ2v) is 6.62. The van der Waals surface area contributed by atoms with Gasteiger partial charge in [0.15, 0.2) is 5.78 Å². The Labute approximate surface area is 177 Å². The van der Waals surface area contributed by atoms with Crippen LogP contribution in [0.25, 0.3) is 11.6 Å². The first-order valence-corrected chi connectivity index (χ1v) is 9.68. The summed E-state index contributed by atoms with van der Waals surface area (Å²) < 4.78 is 10.4. The maximum absolute atomic E-state index is 13.0. The van der Waals surface area contributed by atoms with Crippen molar-refractivity contribution in [2.24, 2.45) is 0 Å². The van der Waals surface area contributed by atoms with Gasteiger partial charge < -0.3 is 14.8 Å². The van der Waals surface area contributed by atoms with Crippen LogP contribution in [-0.2, 0) is 11.3 Å². The molecule has 3 aromatic carbocycles. The molecule has 0 aliphatic heterocycles. The Bertz CT molecular complexity index is 1000. The van der Waals surface area contributed by atoms with Gasteiger partial charge in [0.25, 0.3) is 0 Å². The molecule has 0 fully saturated rings. The van der Waals surface area contributed by atoms with Crippen molar-refractivity contribution < 1.29 is 14.3 Å². The Hall–Kier alpha value is -3.79. The summed E-state index contributed by atoms with van der Waals surface area (Å²) in [4.78, 5) is 13.0. The maximum atomic E-state index is 13.0. The van der Waals surface area contributed by atoms with E-state index in [2.05, 4.69) is 5.32 Å². The highest BCUT2D eigenvalue weighted by Crippen LogP contribution is 2.20. The number of methoxy groups -OCH3 is 2. The van der Waals surface area contributed by atoms with Crippen molar-refractivity contribution in [1.29, 1.82) is 0 Å². The minimum Gasteiger partial charge on any atom is -0.497 e. The summed E-state index contributed by atoms with van der Waals surface area (Å²) in [5, 5.41) is 3.26. The molecular weight excluding hydrogens is 374 g/mol. The lowest BCUT2D eigenvalue weighted by Gasteiger charge is -2.08. The van der Waals surface area contributed by atoms with Gasteiger partial charge in [-0.25, -0.2) is 0 Å². The van der Waals surface area contributed by atoms with Crippen molar-refractivity contribution in [3.05, 3.63) is 108 Å². The zero-order valence-electron chi connectivity index (χ0n) is 17.2. The highest BCUT2D eigenvalue weighted by molar-refractivity contribution is 6.27. The fourth-order valence-electron chi connectivity index (χ4n) is 2.91. The predicted octanol–water partition coefficient (Wildman–Crippen LogP) is 5.12. The van der Waals surface area contributed by atoms with Crippen LogP contribution >= 0.6 is 0 Å². The first-order valence-electron chi connectivity index (χ1n) is 9.68. The quantitative estimate of drug-likeness (QED) is 0.508. The molecule has 0 amide bonds. The third-order valence-electron chi connectivity index (χ3n) is 4.60. The van der Waals surface area contributed by atoms with Crippen LogP contribution in [-0.4, -0.2) is 20.0 Å². The average Bonchev–Trinajstić information content (AvgIpc) is 2.81. The van der Waals surface area contributed by atoms with Crippen molar-refractivity contribution in [1.82, 2.24) is 5.32 Å². The van der Waals surface area contributed by atoms with Gasteiger partial charge in [0.2, 0.25) is 0 Å². The maximum Gasteiger partial charge on any atom is 0.187 e. The topological polar surface area (TPSA) is 47.6 Å². The lowest BCUT2D eigenvalue weighted by atomic mass is 10.0. The molecule has 4 nitrogen and oxygen atoms in total. The van der Waals surface area contributed by atoms with Gasteiger partial charge in [-0.15, -0.1) is 0 Å². The van der Waals surface area contributed by atoms with Crippen LogP contribution < -0.4 is 14.8 Å². The molecule has 3 aromatic rings. The lowest BCUT2D eigenvalue weighted by molar-refractivity contribution is -0.109. The number of hydrogen-bond acceptors (Lipinski definition) is 4. The molecule has 0 radical (unpaired) electrons. The van der Waals surface area contributed by atoms with Crippen LogP contribution in [0.5, 0.6) is 11.5 Å². The van der Waals surface area contributed by atoms with E-state index < -0.39 is 0 Å². The highest BCUT2D eigenvalue weighted by atomic mass is 16.5. The van der Waals surface area contributed by atoms with Crippen LogP contribution in [0.3, 0.4) is 0 Å². The van der Waals surface area contributed by atoms with Gasteiger partial charge in [0, 0.05) is 18.3 Å². The fraction of sp³-hybridized carbons (Fsp3) is 0.115. The first-order chi connectivity index (χ1) is 14.7. The van der Waals surface area contributed by atoms with E-state index in [1.54, 1.807) is 32.6 Å². The smallest absolute Gasteiger partial charge is 0.187 e. The molecule has 0 atom stereocenters. The van der Waals surface area contributed by atoms with Gasteiger partial charge in [0.05, 0.1) is 14.2 Å². The molecule has 4 heteroatoms. The first kappa shape index (κ1) is 20.9. The third-order valence-corrected chi connectivity index (χ3v) is 4.60. The molecule has 0 saturated heterocycles. The Morgan fingerprint density at radius 1 is 0.833 bits per heavy atom. The molecular formula is C26H25NO3. The Morgan fingerprint density at radius 2 is 1.43 bits per heavy atom. The second-order valence-electron chi connectivity index (χ2n) is 6.62. The minimum absolute atomic E-state index is 0.0865. The molecule has 1 N–H and O–H groups in total. The summed E-state index contributed by atoms with van der Waals surface area (Å²) in [5.41, 5.74) is 3.47. The normalized spacial score (nSPS) is 11.3. The third kappa shape index (κ3) is 5.85. The van der Waals surface area contributed by atoms with Gasteiger partial charge in [-0.05, 0) is 47.0 Å². The van der Waals surface area contributed by atoms with Crippen molar-refractivity contribution >= 4 is 17.4 Å². The predicted molar refractivity (Wildman–Crippen MR) is 121 cm³/mol. The molecule has 0 aromatic heterocycles. The molecule has 0 heterocycles. The lowest BCUT2D eigenvalue weighted by Crippen LogP contribution is -2.09. The fourth-order valence-corrected chi connectivity index (χ4v) is 2.91. The number of carbonyl (C=O) groups excluding carboxylic acids is 1. The van der Waals surface area contributed by atoms with E-state index in [4.69, 9.17) is 9.47 Å².